The zero-order chi connectivity index (χ0) is 13.3. The van der Waals surface area contributed by atoms with Gasteiger partial charge < -0.3 is 5.11 Å². The predicted octanol–water partition coefficient (Wildman–Crippen LogP) is 3.42. The molecule has 3 nitrogen and oxygen atoms in total. The Bertz CT molecular complexity index is 522. The molecule has 1 aromatic rings. The summed E-state index contributed by atoms with van der Waals surface area (Å²) in [5, 5.41) is 9.85. The van der Waals surface area contributed by atoms with Gasteiger partial charge in [0.2, 0.25) is 6.08 Å². The molecule has 0 aromatic heterocycles. The number of phenolic OH excluding ortho intramolecular Hbond substituents is 1. The monoisotopic (exact) mass is 245 g/mol. The van der Waals surface area contributed by atoms with Crippen molar-refractivity contribution in [3.8, 4) is 5.75 Å². The maximum atomic E-state index is 10.8. The first-order chi connectivity index (χ1) is 8.52. The highest BCUT2D eigenvalue weighted by Crippen LogP contribution is 2.46. The topological polar surface area (TPSA) is 49.7 Å². The fourth-order valence-corrected chi connectivity index (χ4v) is 3.24. The lowest BCUT2D eigenvalue weighted by Crippen LogP contribution is -2.22. The minimum Gasteiger partial charge on any atom is -0.508 e. The van der Waals surface area contributed by atoms with Crippen molar-refractivity contribution in [2.24, 2.45) is 4.99 Å². The van der Waals surface area contributed by atoms with Crippen LogP contribution in [0.15, 0.2) is 11.1 Å². The van der Waals surface area contributed by atoms with E-state index in [1.54, 1.807) is 12.1 Å². The molecular formula is C15H19NO2. The standard InChI is InChI=1S/C15H19NO2/c1-10-8-13(18)11(2)12(3)14(10)15(16-9-17)6-4-5-7-15/h8,18H,4-7H2,1-3H3. The molecule has 2 rings (SSSR count). The van der Waals surface area contributed by atoms with Crippen molar-refractivity contribution in [1.29, 1.82) is 0 Å². The van der Waals surface area contributed by atoms with E-state index in [2.05, 4.69) is 4.99 Å². The minimum atomic E-state index is -0.408. The first-order valence-corrected chi connectivity index (χ1v) is 6.41. The lowest BCUT2D eigenvalue weighted by Gasteiger charge is -2.28. The molecule has 0 radical (unpaired) electrons. The van der Waals surface area contributed by atoms with Crippen LogP contribution in [0.3, 0.4) is 0 Å². The molecule has 0 bridgehead atoms. The number of hydrogen-bond acceptors (Lipinski definition) is 3. The number of aryl methyl sites for hydroxylation is 1. The maximum Gasteiger partial charge on any atom is 0.235 e. The molecule has 1 fully saturated rings. The zero-order valence-corrected chi connectivity index (χ0v) is 11.2. The fourth-order valence-electron chi connectivity index (χ4n) is 3.24. The third-order valence-corrected chi connectivity index (χ3v) is 4.23. The molecule has 1 aliphatic rings. The van der Waals surface area contributed by atoms with Crippen LogP contribution in [0.4, 0.5) is 0 Å². The van der Waals surface area contributed by atoms with Crippen LogP contribution in [-0.4, -0.2) is 11.2 Å². The van der Waals surface area contributed by atoms with Crippen molar-refractivity contribution in [1.82, 2.24) is 0 Å². The van der Waals surface area contributed by atoms with E-state index >= 15 is 0 Å². The Morgan fingerprint density at radius 2 is 1.83 bits per heavy atom. The number of rotatable bonds is 2. The summed E-state index contributed by atoms with van der Waals surface area (Å²) in [7, 11) is 0. The highest BCUT2D eigenvalue weighted by Gasteiger charge is 2.38. The molecule has 0 amide bonds. The van der Waals surface area contributed by atoms with Gasteiger partial charge in [0.05, 0.1) is 5.54 Å². The molecule has 1 N–H and O–H groups in total. The van der Waals surface area contributed by atoms with Gasteiger partial charge in [-0.05, 0) is 61.9 Å². The molecule has 0 saturated heterocycles. The summed E-state index contributed by atoms with van der Waals surface area (Å²) in [5.41, 5.74) is 3.64. The van der Waals surface area contributed by atoms with Crippen molar-refractivity contribution in [2.45, 2.75) is 52.0 Å². The smallest absolute Gasteiger partial charge is 0.235 e. The second kappa shape index (κ2) is 4.58. The van der Waals surface area contributed by atoms with Gasteiger partial charge in [-0.15, -0.1) is 0 Å². The Labute approximate surface area is 108 Å². The number of benzene rings is 1. The molecule has 3 heteroatoms. The van der Waals surface area contributed by atoms with Crippen LogP contribution in [0, 0.1) is 20.8 Å². The lowest BCUT2D eigenvalue weighted by molar-refractivity contribution is 0.444. The maximum absolute atomic E-state index is 10.8. The highest BCUT2D eigenvalue weighted by molar-refractivity contribution is 5.52. The Morgan fingerprint density at radius 3 is 2.39 bits per heavy atom. The Morgan fingerprint density at radius 1 is 1.22 bits per heavy atom. The molecule has 1 saturated carbocycles. The molecule has 0 spiro atoms. The Kier molecular flexibility index (Phi) is 3.27. The van der Waals surface area contributed by atoms with Gasteiger partial charge >= 0.3 is 0 Å². The highest BCUT2D eigenvalue weighted by atomic mass is 16.3. The number of isocyanates is 1. The van der Waals surface area contributed by atoms with Gasteiger partial charge in [0.25, 0.3) is 0 Å². The molecule has 0 aliphatic heterocycles. The number of phenols is 1. The quantitative estimate of drug-likeness (QED) is 0.641. The van der Waals surface area contributed by atoms with Gasteiger partial charge in [-0.1, -0.05) is 12.8 Å². The van der Waals surface area contributed by atoms with Crippen molar-refractivity contribution in [2.75, 3.05) is 0 Å². The average Bonchev–Trinajstić information content (AvgIpc) is 2.76. The number of hydrogen-bond donors (Lipinski definition) is 1. The summed E-state index contributed by atoms with van der Waals surface area (Å²) in [4.78, 5) is 14.9. The first-order valence-electron chi connectivity index (χ1n) is 6.41. The van der Waals surface area contributed by atoms with Crippen LogP contribution < -0.4 is 0 Å². The van der Waals surface area contributed by atoms with E-state index in [1.807, 2.05) is 20.8 Å². The van der Waals surface area contributed by atoms with Gasteiger partial charge in [-0.25, -0.2) is 4.79 Å². The number of aromatic hydroxyl groups is 1. The summed E-state index contributed by atoms with van der Waals surface area (Å²) >= 11 is 0. The zero-order valence-electron chi connectivity index (χ0n) is 11.2. The molecule has 1 aromatic carbocycles. The van der Waals surface area contributed by atoms with E-state index in [0.717, 1.165) is 47.9 Å². The van der Waals surface area contributed by atoms with Crippen molar-refractivity contribution < 1.29 is 9.90 Å². The van der Waals surface area contributed by atoms with Gasteiger partial charge in [0.1, 0.15) is 5.75 Å². The summed E-state index contributed by atoms with van der Waals surface area (Å²) in [5.74, 6) is 0.317. The van der Waals surface area contributed by atoms with E-state index in [0.29, 0.717) is 5.75 Å². The van der Waals surface area contributed by atoms with Crippen LogP contribution in [-0.2, 0) is 10.3 Å². The second-order valence-electron chi connectivity index (χ2n) is 5.28. The van der Waals surface area contributed by atoms with E-state index in [4.69, 9.17) is 0 Å². The fraction of sp³-hybridized carbons (Fsp3) is 0.533. The second-order valence-corrected chi connectivity index (χ2v) is 5.28. The van der Waals surface area contributed by atoms with Gasteiger partial charge in [0, 0.05) is 0 Å². The first kappa shape index (κ1) is 12.8. The van der Waals surface area contributed by atoms with Crippen LogP contribution in [0.25, 0.3) is 0 Å². The van der Waals surface area contributed by atoms with E-state index in [-0.39, 0.29) is 0 Å². The number of aliphatic imine (C=N–C) groups is 1. The lowest BCUT2D eigenvalue weighted by atomic mass is 9.81. The largest absolute Gasteiger partial charge is 0.508 e. The van der Waals surface area contributed by atoms with E-state index in [1.165, 1.54) is 0 Å². The Balaban J connectivity index is 2.69. The van der Waals surface area contributed by atoms with Crippen molar-refractivity contribution in [3.63, 3.8) is 0 Å². The number of carbonyl (C=O) groups excluding carboxylic acids is 1. The molecular weight excluding hydrogens is 226 g/mol. The molecule has 96 valence electrons. The Hall–Kier alpha value is -1.60. The normalized spacial score (nSPS) is 17.5. The SMILES string of the molecule is Cc1cc(O)c(C)c(C)c1C1(N=C=O)CCCC1. The van der Waals surface area contributed by atoms with Crippen molar-refractivity contribution in [3.05, 3.63) is 28.3 Å². The van der Waals surface area contributed by atoms with Gasteiger partial charge in [-0.2, -0.15) is 4.99 Å². The number of nitrogens with zero attached hydrogens (tertiary/aromatic N) is 1. The molecule has 0 atom stereocenters. The third-order valence-electron chi connectivity index (χ3n) is 4.23. The van der Waals surface area contributed by atoms with Crippen LogP contribution in [0.5, 0.6) is 5.75 Å². The van der Waals surface area contributed by atoms with Gasteiger partial charge in [0.15, 0.2) is 0 Å². The third kappa shape index (κ3) is 1.85. The molecule has 0 unspecified atom stereocenters. The van der Waals surface area contributed by atoms with Gasteiger partial charge in [-0.3, -0.25) is 0 Å². The molecule has 1 aliphatic carbocycles. The van der Waals surface area contributed by atoms with Crippen LogP contribution in [0.1, 0.15) is 47.9 Å². The average molecular weight is 245 g/mol. The summed E-state index contributed by atoms with van der Waals surface area (Å²) in [6, 6.07) is 1.78. The molecule has 0 heterocycles. The predicted molar refractivity (Wildman–Crippen MR) is 70.6 cm³/mol. The summed E-state index contributed by atoms with van der Waals surface area (Å²) in [6.07, 6.45) is 5.72. The van der Waals surface area contributed by atoms with Crippen LogP contribution >= 0.6 is 0 Å². The van der Waals surface area contributed by atoms with E-state index in [9.17, 15) is 9.90 Å². The van der Waals surface area contributed by atoms with Crippen LogP contribution in [0.2, 0.25) is 0 Å². The molecule has 18 heavy (non-hydrogen) atoms. The summed E-state index contributed by atoms with van der Waals surface area (Å²) in [6.45, 7) is 5.88. The van der Waals surface area contributed by atoms with Crippen molar-refractivity contribution >= 4 is 6.08 Å². The minimum absolute atomic E-state index is 0.317. The van der Waals surface area contributed by atoms with E-state index < -0.39 is 5.54 Å². The summed E-state index contributed by atoms with van der Waals surface area (Å²) < 4.78 is 0.